The molecule has 17 heteroatoms. The van der Waals surface area contributed by atoms with Gasteiger partial charge in [-0.25, -0.2) is 16.8 Å². The van der Waals surface area contributed by atoms with E-state index in [0.717, 1.165) is 157 Å². The number of aldehydes is 4. The van der Waals surface area contributed by atoms with Crippen molar-refractivity contribution in [1.82, 2.24) is 0 Å². The summed E-state index contributed by atoms with van der Waals surface area (Å²) in [7, 11) is 2.75. The Labute approximate surface area is 677 Å². The number of nitrogens with zero attached hydrogens (tertiary/aromatic N) is 1. The number of carbonyl (C=O) groups excluding carboxylic acids is 4. The molecule has 0 amide bonds. The molecule has 0 saturated heterocycles. The van der Waals surface area contributed by atoms with Crippen molar-refractivity contribution < 1.29 is 55.0 Å². The fourth-order valence-electron chi connectivity index (χ4n) is 13.3. The molecule has 112 heavy (non-hydrogen) atoms. The van der Waals surface area contributed by atoms with Gasteiger partial charge < -0.3 is 43.0 Å². The lowest BCUT2D eigenvalue weighted by Crippen LogP contribution is -2.29. The first kappa shape index (κ1) is 94.1. The van der Waals surface area contributed by atoms with E-state index >= 15 is 0 Å². The molecule has 13 nitrogen and oxygen atoms in total. The van der Waals surface area contributed by atoms with Crippen molar-refractivity contribution in [3.63, 3.8) is 0 Å². The molecule has 0 aromatic heterocycles. The van der Waals surface area contributed by atoms with Gasteiger partial charge >= 0.3 is 0 Å². The molecule has 0 aliphatic rings. The van der Waals surface area contributed by atoms with E-state index in [1.54, 1.807) is 54.4 Å². The molecule has 0 N–H and O–H groups in total. The second-order valence-corrected chi connectivity index (χ2v) is 38.4. The molecule has 6 unspecified atom stereocenters. The standard InChI is InChI=1S/C24H33NO4S.C24H32O2S.C24H30O2S.C23H30O4S/c1-6-7-14-24(2,17-26)18-30(27,28)23-13-10-21(25(3)4)16-20(23)15-19-8-11-22(29-5)12-9-19;2*1-6-7-14-24(3,17-25)18-27(5)23-13-8-19(2)15-21(23)16-20-9-11-22(26-4)12-10-20;1-5-6-13-23(3,16-24)17-28(25,26)22-12-7-18(2)14-20(22)15-19-8-10-21(27-4)11-9-19/h8-13,16-17H,6-7,14-15,18H2,1-5H3;8-13,15,17H,5-7,14,16,18H2,1-4H3;6-13,15,17H,5,14,16,18H2,1-4H3;7-12,14,16H,5-6,13,15,17H2,1-4H3. The number of anilines is 1. The zero-order valence-corrected chi connectivity index (χ0v) is 73.0. The number of hydrogen-bond acceptors (Lipinski definition) is 13. The van der Waals surface area contributed by atoms with Crippen LogP contribution in [0.1, 0.15) is 181 Å². The highest BCUT2D eigenvalue weighted by atomic mass is 32.2. The van der Waals surface area contributed by atoms with Gasteiger partial charge in [0.05, 0.1) is 49.7 Å². The average molecular weight is 1600 g/mol. The summed E-state index contributed by atoms with van der Waals surface area (Å²) in [6.07, 6.45) is 19.2. The van der Waals surface area contributed by atoms with Crippen LogP contribution in [-0.4, -0.2) is 119 Å². The summed E-state index contributed by atoms with van der Waals surface area (Å²) in [4.78, 5) is 52.0. The van der Waals surface area contributed by atoms with Crippen LogP contribution in [0.5, 0.6) is 23.0 Å². The fourth-order valence-corrected chi connectivity index (χ4v) is 21.2. The highest BCUT2D eigenvalue weighted by Gasteiger charge is 2.35. The molecule has 0 fully saturated rings. The van der Waals surface area contributed by atoms with Gasteiger partial charge in [0.25, 0.3) is 0 Å². The van der Waals surface area contributed by atoms with Crippen LogP contribution in [0.4, 0.5) is 5.69 Å². The van der Waals surface area contributed by atoms with Gasteiger partial charge in [-0.15, -0.1) is 0 Å². The van der Waals surface area contributed by atoms with Crippen LogP contribution >= 0.6 is 21.0 Å². The number of benzene rings is 8. The van der Waals surface area contributed by atoms with Crippen LogP contribution in [0.15, 0.2) is 202 Å². The van der Waals surface area contributed by atoms with Gasteiger partial charge in [-0.1, -0.05) is 213 Å². The number of sulfone groups is 2. The van der Waals surface area contributed by atoms with Crippen molar-refractivity contribution in [1.29, 1.82) is 0 Å². The summed E-state index contributed by atoms with van der Waals surface area (Å²) in [5.74, 6) is 13.4. The molecule has 0 radical (unpaired) electrons. The first-order chi connectivity index (χ1) is 53.2. The summed E-state index contributed by atoms with van der Waals surface area (Å²) in [6, 6.07) is 55.7. The van der Waals surface area contributed by atoms with Gasteiger partial charge in [-0.2, -0.15) is 21.0 Å². The predicted molar refractivity (Wildman–Crippen MR) is 472 cm³/mol. The molecule has 6 atom stereocenters. The van der Waals surface area contributed by atoms with Crippen molar-refractivity contribution >= 4 is 83.2 Å². The van der Waals surface area contributed by atoms with Crippen LogP contribution < -0.4 is 23.8 Å². The Morgan fingerprint density at radius 2 is 0.696 bits per heavy atom. The second kappa shape index (κ2) is 45.4. The Balaban J connectivity index is 0.000000267. The maximum absolute atomic E-state index is 13.4. The summed E-state index contributed by atoms with van der Waals surface area (Å²) in [5.41, 5.74) is 10.6. The third-order valence-corrected chi connectivity index (χ3v) is 28.3. The molecular formula is C95H125NO12S4. The van der Waals surface area contributed by atoms with E-state index in [1.165, 1.54) is 43.2 Å². The number of allylic oxidation sites excluding steroid dienone is 2. The molecule has 8 aromatic rings. The second-order valence-electron chi connectivity index (χ2n) is 31.1. The third kappa shape index (κ3) is 29.8. The minimum absolute atomic E-state index is 0.165. The van der Waals surface area contributed by atoms with Crippen molar-refractivity contribution in [2.45, 2.75) is 186 Å². The van der Waals surface area contributed by atoms with Gasteiger partial charge in [0.15, 0.2) is 19.7 Å². The topological polar surface area (TPSA) is 177 Å². The van der Waals surface area contributed by atoms with Gasteiger partial charge in [-0.05, 0) is 208 Å². The zero-order chi connectivity index (χ0) is 82.9. The molecule has 0 aliphatic heterocycles. The average Bonchev–Trinajstić information content (AvgIpc) is 0.798. The molecular weight excluding hydrogens is 1480 g/mol. The van der Waals surface area contributed by atoms with E-state index in [0.29, 0.717) is 35.5 Å². The quantitative estimate of drug-likeness (QED) is 0.0202. The highest BCUT2D eigenvalue weighted by molar-refractivity contribution is 8.14. The van der Waals surface area contributed by atoms with E-state index in [-0.39, 0.29) is 43.3 Å². The van der Waals surface area contributed by atoms with Gasteiger partial charge in [0.2, 0.25) is 0 Å². The molecule has 0 heterocycles. The van der Waals surface area contributed by atoms with Crippen LogP contribution in [-0.2, 0) is 64.5 Å². The number of unbranched alkanes of at least 4 members (excludes halogenated alkanes) is 3. The van der Waals surface area contributed by atoms with Crippen molar-refractivity contribution in [3.8, 4) is 23.0 Å². The first-order valence-corrected chi connectivity index (χ1v) is 45.1. The molecule has 8 aromatic carbocycles. The number of aryl methyl sites for hydroxylation is 3. The Morgan fingerprint density at radius 3 is 1.01 bits per heavy atom. The normalized spacial score (nSPS) is 14.0. The number of methoxy groups -OCH3 is 4. The largest absolute Gasteiger partial charge is 0.497 e. The number of carbonyl (C=O) groups is 4. The molecule has 606 valence electrons. The summed E-state index contributed by atoms with van der Waals surface area (Å²) < 4.78 is 74.1. The maximum Gasteiger partial charge on any atom is 0.179 e. The minimum atomic E-state index is -3.64. The summed E-state index contributed by atoms with van der Waals surface area (Å²) in [6.45, 7) is 22.0. The van der Waals surface area contributed by atoms with Crippen LogP contribution in [0.3, 0.4) is 0 Å². The number of ether oxygens (including phenoxy) is 4. The Morgan fingerprint density at radius 1 is 0.402 bits per heavy atom. The molecule has 0 spiro atoms. The van der Waals surface area contributed by atoms with Gasteiger partial charge in [0, 0.05) is 62.7 Å². The molecule has 8 rings (SSSR count). The van der Waals surface area contributed by atoms with Gasteiger partial charge in [-0.3, -0.25) is 0 Å². The van der Waals surface area contributed by atoms with E-state index < -0.39 is 30.5 Å². The first-order valence-electron chi connectivity index (χ1n) is 38.7. The Hall–Kier alpha value is -8.48. The van der Waals surface area contributed by atoms with Crippen LogP contribution in [0, 0.1) is 42.4 Å². The summed E-state index contributed by atoms with van der Waals surface area (Å²) >= 11 is 0. The Kier molecular flexibility index (Phi) is 38.2. The predicted octanol–water partition coefficient (Wildman–Crippen LogP) is 21.2. The summed E-state index contributed by atoms with van der Waals surface area (Å²) in [5, 5.41) is 0. The van der Waals surface area contributed by atoms with E-state index in [1.807, 2.05) is 157 Å². The lowest BCUT2D eigenvalue weighted by atomic mass is 9.89. The van der Waals surface area contributed by atoms with E-state index in [4.69, 9.17) is 18.9 Å². The van der Waals surface area contributed by atoms with Crippen molar-refractivity contribution in [2.24, 2.45) is 21.7 Å². The zero-order valence-electron chi connectivity index (χ0n) is 69.8. The highest BCUT2D eigenvalue weighted by Crippen LogP contribution is 2.41. The number of rotatable bonds is 40. The van der Waals surface area contributed by atoms with Crippen LogP contribution in [0.25, 0.3) is 0 Å². The van der Waals surface area contributed by atoms with Gasteiger partial charge in [0.1, 0.15) is 48.1 Å². The molecule has 0 aliphatic carbocycles. The molecule has 0 saturated carbocycles. The monoisotopic (exact) mass is 1600 g/mol. The minimum Gasteiger partial charge on any atom is -0.497 e. The lowest BCUT2D eigenvalue weighted by molar-refractivity contribution is -0.115. The smallest absolute Gasteiger partial charge is 0.179 e. The Bertz CT molecular complexity index is 4630. The van der Waals surface area contributed by atoms with E-state index in [9.17, 15) is 36.0 Å². The SMILES string of the molecule is C=S(CC(C)(C=O)CC=CC)c1ccc(C)cc1Cc1ccc(OC)cc1.C=S(CC(C)(C=O)CCCC)c1ccc(C)cc1Cc1ccc(OC)cc1.CCCCC(C)(C=O)CS(=O)(=O)c1ccc(C)cc1Cc1ccc(OC)cc1.CCCCC(C)(C=O)CS(=O)(=O)c1ccc(N(C)C)cc1Cc1ccc(OC)cc1. The van der Waals surface area contributed by atoms with Crippen molar-refractivity contribution in [2.75, 3.05) is 70.4 Å². The maximum atomic E-state index is 13.4. The third-order valence-electron chi connectivity index (χ3n) is 20.0. The van der Waals surface area contributed by atoms with Crippen LogP contribution in [0.2, 0.25) is 0 Å². The fraction of sp³-hybridized carbons (Fsp3) is 0.411. The number of hydrogen-bond donors (Lipinski definition) is 0. The van der Waals surface area contributed by atoms with E-state index in [2.05, 4.69) is 106 Å². The molecule has 0 bridgehead atoms. The van der Waals surface area contributed by atoms with Crippen molar-refractivity contribution in [3.05, 3.63) is 243 Å². The lowest BCUT2D eigenvalue weighted by Gasteiger charge is -2.26.